The monoisotopic (exact) mass is 250 g/mol. The van der Waals surface area contributed by atoms with Gasteiger partial charge in [-0.3, -0.25) is 4.79 Å². The summed E-state index contributed by atoms with van der Waals surface area (Å²) in [4.78, 5) is 11.3. The van der Waals surface area contributed by atoms with Crippen molar-refractivity contribution in [1.29, 1.82) is 0 Å². The summed E-state index contributed by atoms with van der Waals surface area (Å²) >= 11 is 6.04. The SMILES string of the molecule is Cc1ccc(Cl)c(C=CCOC(=O)C2CC2)c1. The predicted octanol–water partition coefficient (Wildman–Crippen LogP) is 3.61. The fourth-order valence-corrected chi connectivity index (χ4v) is 1.71. The van der Waals surface area contributed by atoms with Gasteiger partial charge in [0.15, 0.2) is 0 Å². The summed E-state index contributed by atoms with van der Waals surface area (Å²) in [5.74, 6) is 0.0796. The van der Waals surface area contributed by atoms with E-state index < -0.39 is 0 Å². The number of hydrogen-bond donors (Lipinski definition) is 0. The van der Waals surface area contributed by atoms with Crippen LogP contribution in [0.2, 0.25) is 5.02 Å². The molecule has 1 aromatic carbocycles. The topological polar surface area (TPSA) is 26.3 Å². The molecule has 1 aliphatic rings. The van der Waals surface area contributed by atoms with Gasteiger partial charge in [0.25, 0.3) is 0 Å². The highest BCUT2D eigenvalue weighted by molar-refractivity contribution is 6.32. The van der Waals surface area contributed by atoms with Crippen LogP contribution in [0.1, 0.15) is 24.0 Å². The Hall–Kier alpha value is -1.28. The summed E-state index contributed by atoms with van der Waals surface area (Å²) < 4.78 is 5.09. The van der Waals surface area contributed by atoms with E-state index in [4.69, 9.17) is 16.3 Å². The molecule has 1 fully saturated rings. The second-order valence-electron chi connectivity index (χ2n) is 4.33. The molecule has 2 rings (SSSR count). The Morgan fingerprint density at radius 3 is 3.00 bits per heavy atom. The Balaban J connectivity index is 1.86. The van der Waals surface area contributed by atoms with Crippen LogP contribution in [-0.4, -0.2) is 12.6 Å². The van der Waals surface area contributed by atoms with E-state index in [1.165, 1.54) is 0 Å². The van der Waals surface area contributed by atoms with Gasteiger partial charge in [-0.15, -0.1) is 0 Å². The predicted molar refractivity (Wildman–Crippen MR) is 68.9 cm³/mol. The summed E-state index contributed by atoms with van der Waals surface area (Å²) in [5, 5.41) is 0.709. The zero-order valence-corrected chi connectivity index (χ0v) is 10.5. The third-order valence-electron chi connectivity index (χ3n) is 2.68. The van der Waals surface area contributed by atoms with Gasteiger partial charge in [-0.25, -0.2) is 0 Å². The number of halogens is 1. The van der Waals surface area contributed by atoms with Crippen LogP contribution in [0.3, 0.4) is 0 Å². The number of ether oxygens (including phenoxy) is 1. The first-order valence-corrected chi connectivity index (χ1v) is 6.14. The molecular weight excluding hydrogens is 236 g/mol. The number of carbonyl (C=O) groups excluding carboxylic acids is 1. The third-order valence-corrected chi connectivity index (χ3v) is 3.03. The van der Waals surface area contributed by atoms with Crippen LogP contribution in [0.25, 0.3) is 6.08 Å². The van der Waals surface area contributed by atoms with Crippen molar-refractivity contribution >= 4 is 23.6 Å². The lowest BCUT2D eigenvalue weighted by molar-refractivity contribution is -0.143. The molecule has 0 unspecified atom stereocenters. The van der Waals surface area contributed by atoms with Crippen LogP contribution in [0, 0.1) is 12.8 Å². The third kappa shape index (κ3) is 3.60. The van der Waals surface area contributed by atoms with E-state index in [9.17, 15) is 4.79 Å². The molecule has 0 radical (unpaired) electrons. The second kappa shape index (κ2) is 5.37. The molecule has 0 bridgehead atoms. The Kier molecular flexibility index (Phi) is 3.85. The summed E-state index contributed by atoms with van der Waals surface area (Å²) in [6, 6.07) is 5.83. The quantitative estimate of drug-likeness (QED) is 0.763. The first-order chi connectivity index (χ1) is 8.16. The molecule has 1 aliphatic carbocycles. The van der Waals surface area contributed by atoms with E-state index in [2.05, 4.69) is 0 Å². The van der Waals surface area contributed by atoms with Gasteiger partial charge >= 0.3 is 5.97 Å². The maximum absolute atomic E-state index is 11.3. The lowest BCUT2D eigenvalue weighted by Gasteiger charge is -2.01. The number of hydrogen-bond acceptors (Lipinski definition) is 2. The Morgan fingerprint density at radius 1 is 1.53 bits per heavy atom. The zero-order chi connectivity index (χ0) is 12.3. The average Bonchev–Trinajstić information content (AvgIpc) is 3.12. The van der Waals surface area contributed by atoms with Crippen LogP contribution in [0.15, 0.2) is 24.3 Å². The van der Waals surface area contributed by atoms with Crippen LogP contribution < -0.4 is 0 Å². The molecule has 0 amide bonds. The number of carbonyl (C=O) groups is 1. The van der Waals surface area contributed by atoms with Gasteiger partial charge in [0.2, 0.25) is 0 Å². The number of aryl methyl sites for hydroxylation is 1. The van der Waals surface area contributed by atoms with E-state index in [0.29, 0.717) is 11.6 Å². The van der Waals surface area contributed by atoms with Gasteiger partial charge < -0.3 is 4.74 Å². The lowest BCUT2D eigenvalue weighted by Crippen LogP contribution is -2.05. The minimum Gasteiger partial charge on any atom is -0.461 e. The van der Waals surface area contributed by atoms with E-state index in [0.717, 1.165) is 24.0 Å². The minimum atomic E-state index is -0.0787. The summed E-state index contributed by atoms with van der Waals surface area (Å²) in [6.07, 6.45) is 5.66. The van der Waals surface area contributed by atoms with Gasteiger partial charge in [0.05, 0.1) is 5.92 Å². The van der Waals surface area contributed by atoms with E-state index >= 15 is 0 Å². The highest BCUT2D eigenvalue weighted by Gasteiger charge is 2.30. The molecule has 1 saturated carbocycles. The second-order valence-corrected chi connectivity index (χ2v) is 4.74. The summed E-state index contributed by atoms with van der Waals surface area (Å²) in [6.45, 7) is 2.33. The molecule has 0 aromatic heterocycles. The number of esters is 1. The van der Waals surface area contributed by atoms with Crippen molar-refractivity contribution in [2.75, 3.05) is 6.61 Å². The lowest BCUT2D eigenvalue weighted by atomic mass is 10.1. The van der Waals surface area contributed by atoms with Gasteiger partial charge in [0.1, 0.15) is 6.61 Å². The molecule has 0 N–H and O–H groups in total. The maximum atomic E-state index is 11.3. The maximum Gasteiger partial charge on any atom is 0.309 e. The van der Waals surface area contributed by atoms with E-state index in [1.54, 1.807) is 0 Å². The zero-order valence-electron chi connectivity index (χ0n) is 9.78. The van der Waals surface area contributed by atoms with Crippen molar-refractivity contribution in [2.45, 2.75) is 19.8 Å². The van der Waals surface area contributed by atoms with Crippen molar-refractivity contribution < 1.29 is 9.53 Å². The Morgan fingerprint density at radius 2 is 2.29 bits per heavy atom. The van der Waals surface area contributed by atoms with Gasteiger partial charge in [0, 0.05) is 5.02 Å². The Labute approximate surface area is 106 Å². The Bertz CT molecular complexity index is 448. The number of benzene rings is 1. The molecule has 0 spiro atoms. The molecule has 0 aliphatic heterocycles. The molecule has 2 nitrogen and oxygen atoms in total. The van der Waals surface area contributed by atoms with Crippen molar-refractivity contribution in [2.24, 2.45) is 5.92 Å². The van der Waals surface area contributed by atoms with Crippen molar-refractivity contribution in [1.82, 2.24) is 0 Å². The standard InChI is InChI=1S/C14H15ClO2/c1-10-4-7-13(15)12(9-10)3-2-8-17-14(16)11-5-6-11/h2-4,7,9,11H,5-6,8H2,1H3. The highest BCUT2D eigenvalue weighted by atomic mass is 35.5. The minimum absolute atomic E-state index is 0.0787. The van der Waals surface area contributed by atoms with Crippen molar-refractivity contribution in [3.8, 4) is 0 Å². The molecular formula is C14H15ClO2. The van der Waals surface area contributed by atoms with Crippen LogP contribution in [0.4, 0.5) is 0 Å². The summed E-state index contributed by atoms with van der Waals surface area (Å²) in [7, 11) is 0. The smallest absolute Gasteiger partial charge is 0.309 e. The molecule has 0 saturated heterocycles. The normalized spacial score (nSPS) is 15.2. The number of rotatable bonds is 4. The molecule has 0 heterocycles. The van der Waals surface area contributed by atoms with E-state index in [1.807, 2.05) is 37.3 Å². The van der Waals surface area contributed by atoms with Gasteiger partial charge in [-0.2, -0.15) is 0 Å². The fourth-order valence-electron chi connectivity index (χ4n) is 1.53. The van der Waals surface area contributed by atoms with Crippen LogP contribution >= 0.6 is 11.6 Å². The fraction of sp³-hybridized carbons (Fsp3) is 0.357. The first kappa shape index (κ1) is 12.2. The van der Waals surface area contributed by atoms with Crippen molar-refractivity contribution in [3.05, 3.63) is 40.4 Å². The van der Waals surface area contributed by atoms with E-state index in [-0.39, 0.29) is 11.9 Å². The van der Waals surface area contributed by atoms with Gasteiger partial charge in [-0.05, 0) is 37.5 Å². The molecule has 1 aromatic rings. The first-order valence-electron chi connectivity index (χ1n) is 5.76. The molecule has 3 heteroatoms. The van der Waals surface area contributed by atoms with Crippen molar-refractivity contribution in [3.63, 3.8) is 0 Å². The molecule has 17 heavy (non-hydrogen) atoms. The molecule has 90 valence electrons. The summed E-state index contributed by atoms with van der Waals surface area (Å²) in [5.41, 5.74) is 2.11. The average molecular weight is 251 g/mol. The molecule has 0 atom stereocenters. The van der Waals surface area contributed by atoms with Crippen LogP contribution in [0.5, 0.6) is 0 Å². The van der Waals surface area contributed by atoms with Crippen LogP contribution in [-0.2, 0) is 9.53 Å². The highest BCUT2D eigenvalue weighted by Crippen LogP contribution is 2.30. The largest absolute Gasteiger partial charge is 0.461 e. The van der Waals surface area contributed by atoms with Gasteiger partial charge in [-0.1, -0.05) is 35.4 Å².